The van der Waals surface area contributed by atoms with Crippen molar-refractivity contribution in [3.8, 4) is 28.7 Å². The summed E-state index contributed by atoms with van der Waals surface area (Å²) in [5.41, 5.74) is 7.64. The second-order valence-corrected chi connectivity index (χ2v) is 9.82. The molecule has 5 aromatic rings. The molecule has 0 unspecified atom stereocenters. The molecule has 212 valence electrons. The number of ether oxygens (including phenoxy) is 2. The van der Waals surface area contributed by atoms with Crippen molar-refractivity contribution < 1.29 is 18.9 Å². The first-order chi connectivity index (χ1) is 20.5. The summed E-state index contributed by atoms with van der Waals surface area (Å²) in [5, 5.41) is 23.7. The van der Waals surface area contributed by atoms with Crippen LogP contribution in [0.4, 0.5) is 0 Å². The highest BCUT2D eigenvalue weighted by Crippen LogP contribution is 2.36. The second-order valence-electron chi connectivity index (χ2n) is 9.82. The Morgan fingerprint density at radius 2 is 1.69 bits per heavy atom. The molecule has 0 bridgehead atoms. The van der Waals surface area contributed by atoms with E-state index >= 15 is 0 Å². The van der Waals surface area contributed by atoms with Crippen LogP contribution in [0.25, 0.3) is 22.2 Å². The second kappa shape index (κ2) is 13.4. The smallest absolute Gasteiger partial charge is 0.216 e. The number of fused-ring (bicyclic) bond motifs is 1. The fraction of sp³-hybridized carbons (Fsp3) is 0.212. The van der Waals surface area contributed by atoms with Gasteiger partial charge in [-0.2, -0.15) is 5.26 Å². The molecule has 4 aromatic carbocycles. The van der Waals surface area contributed by atoms with Gasteiger partial charge in [0.25, 0.3) is 0 Å². The first kappa shape index (κ1) is 28.3. The predicted octanol–water partition coefficient (Wildman–Crippen LogP) is 5.45. The summed E-state index contributed by atoms with van der Waals surface area (Å²) in [4.78, 5) is 11.2. The van der Waals surface area contributed by atoms with Crippen LogP contribution in [0.15, 0.2) is 83.5 Å². The lowest BCUT2D eigenvalue weighted by Crippen LogP contribution is -2.30. The average molecular weight is 562 g/mol. The first-order valence-electron chi connectivity index (χ1n) is 13.7. The van der Waals surface area contributed by atoms with E-state index in [-0.39, 0.29) is 12.5 Å². The van der Waals surface area contributed by atoms with Gasteiger partial charge in [0, 0.05) is 38.2 Å². The molecule has 0 radical (unpaired) electrons. The van der Waals surface area contributed by atoms with E-state index in [2.05, 4.69) is 52.1 Å². The van der Waals surface area contributed by atoms with Crippen molar-refractivity contribution in [2.75, 3.05) is 13.1 Å². The SMILES string of the molecule is CC(=O)NCCNCc1c(OCc2cccc(C#N)c2)cc(OCc2cccc(-c3ccccc3)c2C)c2nonc12. The summed E-state index contributed by atoms with van der Waals surface area (Å²) in [6.07, 6.45) is 0. The normalized spacial score (nSPS) is 10.8. The number of hydrogen-bond acceptors (Lipinski definition) is 8. The number of carbonyl (C=O) groups excluding carboxylic acids is 1. The van der Waals surface area contributed by atoms with E-state index in [1.807, 2.05) is 48.5 Å². The number of nitrogens with one attached hydrogen (secondary N) is 2. The zero-order valence-corrected chi connectivity index (χ0v) is 23.5. The van der Waals surface area contributed by atoms with Gasteiger partial charge in [0.15, 0.2) is 11.3 Å². The van der Waals surface area contributed by atoms with E-state index in [0.717, 1.165) is 33.4 Å². The Labute approximate surface area is 244 Å². The third kappa shape index (κ3) is 6.74. The van der Waals surface area contributed by atoms with Crippen molar-refractivity contribution in [2.24, 2.45) is 0 Å². The maximum atomic E-state index is 11.2. The number of amides is 1. The van der Waals surface area contributed by atoms with Crippen LogP contribution in [0.5, 0.6) is 11.5 Å². The molecule has 2 N–H and O–H groups in total. The Kier molecular flexibility index (Phi) is 9.07. The summed E-state index contributed by atoms with van der Waals surface area (Å²) in [7, 11) is 0. The van der Waals surface area contributed by atoms with Crippen molar-refractivity contribution in [3.05, 3.63) is 107 Å². The minimum Gasteiger partial charge on any atom is -0.488 e. The van der Waals surface area contributed by atoms with Gasteiger partial charge >= 0.3 is 0 Å². The Morgan fingerprint density at radius 3 is 2.50 bits per heavy atom. The van der Waals surface area contributed by atoms with E-state index in [4.69, 9.17) is 14.1 Å². The Bertz CT molecular complexity index is 1730. The highest BCUT2D eigenvalue weighted by Gasteiger charge is 2.20. The maximum Gasteiger partial charge on any atom is 0.216 e. The third-order valence-corrected chi connectivity index (χ3v) is 6.91. The van der Waals surface area contributed by atoms with Crippen LogP contribution in [0.3, 0.4) is 0 Å². The highest BCUT2D eigenvalue weighted by atomic mass is 16.6. The van der Waals surface area contributed by atoms with Gasteiger partial charge in [0.1, 0.15) is 24.5 Å². The van der Waals surface area contributed by atoms with Gasteiger partial charge in [-0.15, -0.1) is 0 Å². The molecule has 1 amide bonds. The van der Waals surface area contributed by atoms with Gasteiger partial charge in [0.05, 0.1) is 11.6 Å². The maximum absolute atomic E-state index is 11.2. The summed E-state index contributed by atoms with van der Waals surface area (Å²) >= 11 is 0. The topological polar surface area (TPSA) is 122 Å². The Balaban J connectivity index is 1.42. The zero-order valence-electron chi connectivity index (χ0n) is 23.5. The Hall–Kier alpha value is -5.20. The summed E-state index contributed by atoms with van der Waals surface area (Å²) in [5.74, 6) is 0.949. The van der Waals surface area contributed by atoms with Gasteiger partial charge in [-0.05, 0) is 57.2 Å². The average Bonchev–Trinajstić information content (AvgIpc) is 3.51. The van der Waals surface area contributed by atoms with Crippen LogP contribution in [0.2, 0.25) is 0 Å². The zero-order chi connectivity index (χ0) is 29.3. The number of rotatable bonds is 12. The molecule has 0 fully saturated rings. The first-order valence-corrected chi connectivity index (χ1v) is 13.7. The van der Waals surface area contributed by atoms with E-state index in [9.17, 15) is 10.1 Å². The van der Waals surface area contributed by atoms with E-state index < -0.39 is 0 Å². The molecule has 0 aliphatic carbocycles. The molecule has 0 saturated carbocycles. The lowest BCUT2D eigenvalue weighted by molar-refractivity contribution is -0.118. The lowest BCUT2D eigenvalue weighted by Gasteiger charge is -2.16. The fourth-order valence-electron chi connectivity index (χ4n) is 4.71. The highest BCUT2D eigenvalue weighted by molar-refractivity contribution is 5.86. The predicted molar refractivity (Wildman–Crippen MR) is 159 cm³/mol. The van der Waals surface area contributed by atoms with Gasteiger partial charge < -0.3 is 20.1 Å². The molecule has 0 aliphatic heterocycles. The number of hydrogen-bond donors (Lipinski definition) is 2. The van der Waals surface area contributed by atoms with Crippen molar-refractivity contribution >= 4 is 16.9 Å². The summed E-state index contributed by atoms with van der Waals surface area (Å²) < 4.78 is 17.8. The Morgan fingerprint density at radius 1 is 0.905 bits per heavy atom. The number of benzene rings is 4. The number of carbonyl (C=O) groups is 1. The standard InChI is InChI=1S/C33H31N5O4/c1-22-27(12-7-13-28(22)26-10-4-3-5-11-26)21-41-31-17-30(40-20-25-9-6-8-24(16-25)18-34)29(32-33(31)38-42-37-32)19-35-14-15-36-23(2)39/h3-13,16-17,35H,14-15,19-21H2,1-2H3,(H,36,39). The molecule has 0 saturated heterocycles. The minimum atomic E-state index is -0.0884. The number of nitriles is 1. The molecule has 0 aliphatic rings. The van der Waals surface area contributed by atoms with Crippen LogP contribution < -0.4 is 20.1 Å². The van der Waals surface area contributed by atoms with E-state index in [1.165, 1.54) is 6.92 Å². The molecule has 9 nitrogen and oxygen atoms in total. The number of nitrogens with zero attached hydrogens (tertiary/aromatic N) is 3. The fourth-order valence-corrected chi connectivity index (χ4v) is 4.71. The van der Waals surface area contributed by atoms with Crippen molar-refractivity contribution in [3.63, 3.8) is 0 Å². The van der Waals surface area contributed by atoms with E-state index in [1.54, 1.807) is 12.1 Å². The number of aromatic nitrogens is 2. The van der Waals surface area contributed by atoms with Gasteiger partial charge in [-0.25, -0.2) is 4.63 Å². The van der Waals surface area contributed by atoms with Crippen molar-refractivity contribution in [2.45, 2.75) is 33.6 Å². The van der Waals surface area contributed by atoms with Crippen LogP contribution in [-0.2, 0) is 24.6 Å². The molecule has 0 atom stereocenters. The molecular formula is C33H31N5O4. The van der Waals surface area contributed by atoms with Crippen LogP contribution >= 0.6 is 0 Å². The largest absolute Gasteiger partial charge is 0.488 e. The molecule has 42 heavy (non-hydrogen) atoms. The van der Waals surface area contributed by atoms with Crippen LogP contribution in [0, 0.1) is 18.3 Å². The van der Waals surface area contributed by atoms with Crippen LogP contribution in [-0.4, -0.2) is 29.3 Å². The minimum absolute atomic E-state index is 0.0884. The molecule has 0 spiro atoms. The van der Waals surface area contributed by atoms with Crippen molar-refractivity contribution in [1.29, 1.82) is 5.26 Å². The van der Waals surface area contributed by atoms with Crippen molar-refractivity contribution in [1.82, 2.24) is 20.9 Å². The monoisotopic (exact) mass is 561 g/mol. The quantitative estimate of drug-likeness (QED) is 0.193. The molecule has 9 heteroatoms. The van der Waals surface area contributed by atoms with Crippen LogP contribution in [0.1, 0.15) is 34.7 Å². The molecule has 5 rings (SSSR count). The van der Waals surface area contributed by atoms with Gasteiger partial charge in [0.2, 0.25) is 5.91 Å². The molecule has 1 heterocycles. The lowest BCUT2D eigenvalue weighted by atomic mass is 9.97. The molecule has 1 aromatic heterocycles. The van der Waals surface area contributed by atoms with E-state index in [0.29, 0.717) is 54.3 Å². The van der Waals surface area contributed by atoms with Gasteiger partial charge in [-0.3, -0.25) is 4.79 Å². The van der Waals surface area contributed by atoms with Gasteiger partial charge in [-0.1, -0.05) is 60.7 Å². The summed E-state index contributed by atoms with van der Waals surface area (Å²) in [6.45, 7) is 5.55. The molecular weight excluding hydrogens is 530 g/mol. The third-order valence-electron chi connectivity index (χ3n) is 6.91. The summed E-state index contributed by atoms with van der Waals surface area (Å²) in [6, 6.07) is 27.7.